The van der Waals surface area contributed by atoms with Gasteiger partial charge in [0.2, 0.25) is 0 Å². The highest BCUT2D eigenvalue weighted by atomic mass is 16.4. The van der Waals surface area contributed by atoms with E-state index in [2.05, 4.69) is 0 Å². The van der Waals surface area contributed by atoms with Gasteiger partial charge in [-0.1, -0.05) is 6.07 Å². The van der Waals surface area contributed by atoms with E-state index >= 15 is 0 Å². The van der Waals surface area contributed by atoms with E-state index in [1.165, 1.54) is 0 Å². The number of benzene rings is 1. The minimum absolute atomic E-state index is 0.266. The van der Waals surface area contributed by atoms with Gasteiger partial charge >= 0.3 is 0 Å². The largest absolute Gasteiger partial charge is 0.504 e. The summed E-state index contributed by atoms with van der Waals surface area (Å²) in [5.41, 5.74) is 3.00. The average molecular weight is 176 g/mol. The second-order valence-electron chi connectivity index (χ2n) is 3.47. The number of fused-ring (bicyclic) bond motifs is 1. The lowest BCUT2D eigenvalue weighted by atomic mass is 10.1. The van der Waals surface area contributed by atoms with E-state index in [1.807, 2.05) is 26.0 Å². The minimum atomic E-state index is 0.266. The van der Waals surface area contributed by atoms with Crippen LogP contribution in [-0.2, 0) is 0 Å². The highest BCUT2D eigenvalue weighted by molar-refractivity contribution is 5.88. The van der Waals surface area contributed by atoms with Crippen molar-refractivity contribution in [1.29, 1.82) is 0 Å². The molecule has 0 aliphatic heterocycles. The van der Waals surface area contributed by atoms with Gasteiger partial charge in [-0.25, -0.2) is 0 Å². The van der Waals surface area contributed by atoms with Crippen LogP contribution in [0.25, 0.3) is 11.0 Å². The summed E-state index contributed by atoms with van der Waals surface area (Å²) in [6, 6.07) is 3.98. The van der Waals surface area contributed by atoms with Crippen molar-refractivity contribution in [3.05, 3.63) is 29.0 Å². The lowest BCUT2D eigenvalue weighted by Gasteiger charge is -1.96. The Morgan fingerprint density at radius 3 is 2.54 bits per heavy atom. The zero-order valence-corrected chi connectivity index (χ0v) is 8.01. The van der Waals surface area contributed by atoms with Crippen molar-refractivity contribution >= 4 is 11.0 Å². The molecule has 0 aliphatic rings. The third kappa shape index (κ3) is 1.10. The summed E-state index contributed by atoms with van der Waals surface area (Å²) in [5, 5.41) is 10.5. The molecule has 0 saturated heterocycles. The fourth-order valence-electron chi connectivity index (χ4n) is 1.66. The second kappa shape index (κ2) is 2.52. The Hall–Kier alpha value is -1.44. The first-order valence-electron chi connectivity index (χ1n) is 4.29. The van der Waals surface area contributed by atoms with Crippen LogP contribution in [0.5, 0.6) is 5.75 Å². The van der Waals surface area contributed by atoms with Gasteiger partial charge < -0.3 is 9.52 Å². The number of rotatable bonds is 0. The first-order valence-corrected chi connectivity index (χ1v) is 4.29. The van der Waals surface area contributed by atoms with Crippen molar-refractivity contribution in [2.75, 3.05) is 0 Å². The smallest absolute Gasteiger partial charge is 0.164 e. The molecule has 0 amide bonds. The van der Waals surface area contributed by atoms with Gasteiger partial charge in [0, 0.05) is 0 Å². The topological polar surface area (TPSA) is 33.4 Å². The van der Waals surface area contributed by atoms with E-state index in [-0.39, 0.29) is 5.75 Å². The SMILES string of the molecule is Cc1cc(C)c2oc(C)c(O)c2c1. The summed E-state index contributed by atoms with van der Waals surface area (Å²) in [7, 11) is 0. The molecule has 68 valence electrons. The quantitative estimate of drug-likeness (QED) is 0.669. The number of aromatic hydroxyl groups is 1. The van der Waals surface area contributed by atoms with Crippen molar-refractivity contribution in [1.82, 2.24) is 0 Å². The molecule has 0 bridgehead atoms. The van der Waals surface area contributed by atoms with Crippen LogP contribution >= 0.6 is 0 Å². The Kier molecular flexibility index (Phi) is 1.59. The molecular formula is C11H12O2. The molecule has 2 heteroatoms. The molecule has 0 fully saturated rings. The van der Waals surface area contributed by atoms with Gasteiger partial charge in [-0.15, -0.1) is 0 Å². The molecule has 1 aromatic carbocycles. The number of aryl methyl sites for hydroxylation is 3. The minimum Gasteiger partial charge on any atom is -0.504 e. The summed E-state index contributed by atoms with van der Waals surface area (Å²) < 4.78 is 5.43. The monoisotopic (exact) mass is 176 g/mol. The standard InChI is InChI=1S/C11H12O2/c1-6-4-7(2)11-9(5-6)10(12)8(3)13-11/h4-5,12H,1-3H3. The zero-order chi connectivity index (χ0) is 9.59. The van der Waals surface area contributed by atoms with Crippen LogP contribution in [0.1, 0.15) is 16.9 Å². The summed E-state index contributed by atoms with van der Waals surface area (Å²) in [5.74, 6) is 0.852. The fourth-order valence-corrected chi connectivity index (χ4v) is 1.66. The molecule has 1 heterocycles. The molecule has 0 atom stereocenters. The highest BCUT2D eigenvalue weighted by Crippen LogP contribution is 2.33. The molecule has 0 spiro atoms. The van der Waals surface area contributed by atoms with Gasteiger partial charge in [0.1, 0.15) is 11.3 Å². The Bertz CT molecular complexity index is 466. The maximum atomic E-state index is 9.65. The van der Waals surface area contributed by atoms with Crippen molar-refractivity contribution < 1.29 is 9.52 Å². The fraction of sp³-hybridized carbons (Fsp3) is 0.273. The van der Waals surface area contributed by atoms with Crippen LogP contribution in [0.4, 0.5) is 0 Å². The predicted molar refractivity (Wildman–Crippen MR) is 52.1 cm³/mol. The predicted octanol–water partition coefficient (Wildman–Crippen LogP) is 3.06. The highest BCUT2D eigenvalue weighted by Gasteiger charge is 2.11. The summed E-state index contributed by atoms with van der Waals surface area (Å²) in [6.07, 6.45) is 0. The van der Waals surface area contributed by atoms with Gasteiger partial charge in [-0.2, -0.15) is 0 Å². The Balaban J connectivity index is 2.94. The van der Waals surface area contributed by atoms with Crippen molar-refractivity contribution in [3.63, 3.8) is 0 Å². The van der Waals surface area contributed by atoms with E-state index in [4.69, 9.17) is 4.42 Å². The first kappa shape index (κ1) is 8.17. The van der Waals surface area contributed by atoms with Crippen molar-refractivity contribution in [3.8, 4) is 5.75 Å². The van der Waals surface area contributed by atoms with Crippen LogP contribution in [0, 0.1) is 20.8 Å². The summed E-state index contributed by atoms with van der Waals surface area (Å²) in [6.45, 7) is 5.76. The average Bonchev–Trinajstić information content (AvgIpc) is 2.32. The molecule has 1 aromatic heterocycles. The van der Waals surface area contributed by atoms with Crippen LogP contribution in [0.15, 0.2) is 16.5 Å². The Labute approximate surface area is 76.8 Å². The molecule has 2 nitrogen and oxygen atoms in total. The van der Waals surface area contributed by atoms with Gasteiger partial charge in [0.15, 0.2) is 5.75 Å². The normalized spacial score (nSPS) is 11.0. The van der Waals surface area contributed by atoms with Gasteiger partial charge in [0.05, 0.1) is 5.39 Å². The van der Waals surface area contributed by atoms with E-state index < -0.39 is 0 Å². The van der Waals surface area contributed by atoms with Crippen LogP contribution in [0.3, 0.4) is 0 Å². The van der Waals surface area contributed by atoms with E-state index in [0.29, 0.717) is 5.76 Å². The van der Waals surface area contributed by atoms with Crippen LogP contribution < -0.4 is 0 Å². The van der Waals surface area contributed by atoms with Crippen molar-refractivity contribution in [2.24, 2.45) is 0 Å². The summed E-state index contributed by atoms with van der Waals surface area (Å²) in [4.78, 5) is 0. The van der Waals surface area contributed by atoms with Gasteiger partial charge in [-0.05, 0) is 38.0 Å². The molecule has 0 saturated carbocycles. The molecule has 0 radical (unpaired) electrons. The summed E-state index contributed by atoms with van der Waals surface area (Å²) >= 11 is 0. The van der Waals surface area contributed by atoms with Gasteiger partial charge in [-0.3, -0.25) is 0 Å². The third-order valence-electron chi connectivity index (χ3n) is 2.26. The van der Waals surface area contributed by atoms with E-state index in [1.54, 1.807) is 6.92 Å². The maximum absolute atomic E-state index is 9.65. The van der Waals surface area contributed by atoms with Crippen LogP contribution in [-0.4, -0.2) is 5.11 Å². The lowest BCUT2D eigenvalue weighted by Crippen LogP contribution is -1.76. The lowest BCUT2D eigenvalue weighted by molar-refractivity contribution is 0.451. The Morgan fingerprint density at radius 2 is 1.85 bits per heavy atom. The number of hydrogen-bond acceptors (Lipinski definition) is 2. The second-order valence-corrected chi connectivity index (χ2v) is 3.47. The van der Waals surface area contributed by atoms with E-state index in [0.717, 1.165) is 22.1 Å². The molecular weight excluding hydrogens is 164 g/mol. The molecule has 13 heavy (non-hydrogen) atoms. The Morgan fingerprint density at radius 1 is 1.15 bits per heavy atom. The first-order chi connectivity index (χ1) is 6.09. The number of furan rings is 1. The van der Waals surface area contributed by atoms with Crippen LogP contribution in [0.2, 0.25) is 0 Å². The molecule has 2 rings (SSSR count). The molecule has 0 aliphatic carbocycles. The van der Waals surface area contributed by atoms with Gasteiger partial charge in [0.25, 0.3) is 0 Å². The molecule has 0 unspecified atom stereocenters. The molecule has 1 N–H and O–H groups in total. The number of hydrogen-bond donors (Lipinski definition) is 1. The molecule has 2 aromatic rings. The van der Waals surface area contributed by atoms with Crippen molar-refractivity contribution in [2.45, 2.75) is 20.8 Å². The zero-order valence-electron chi connectivity index (χ0n) is 8.01. The third-order valence-corrected chi connectivity index (χ3v) is 2.26. The van der Waals surface area contributed by atoms with E-state index in [9.17, 15) is 5.11 Å². The maximum Gasteiger partial charge on any atom is 0.164 e.